The summed E-state index contributed by atoms with van der Waals surface area (Å²) in [5, 5.41) is 10.2. The Bertz CT molecular complexity index is 771. The van der Waals surface area contributed by atoms with Crippen LogP contribution in [0.25, 0.3) is 0 Å². The number of amides is 3. The minimum Gasteiger partial charge on any atom is -0.385 e. The lowest BCUT2D eigenvalue weighted by atomic mass is 9.92. The van der Waals surface area contributed by atoms with E-state index < -0.39 is 5.54 Å². The maximum atomic E-state index is 13.1. The van der Waals surface area contributed by atoms with E-state index in [-0.39, 0.29) is 36.0 Å². The predicted molar refractivity (Wildman–Crippen MR) is 107 cm³/mol. The fraction of sp³-hybridized carbons (Fsp3) is 0.700. The molecule has 1 aromatic rings. The van der Waals surface area contributed by atoms with Crippen LogP contribution in [0.15, 0.2) is 6.07 Å². The molecule has 1 unspecified atom stereocenters. The first kappa shape index (κ1) is 21.3. The molecule has 3 amide bonds. The molecule has 2 N–H and O–H groups in total. The molecule has 9 nitrogen and oxygen atoms in total. The summed E-state index contributed by atoms with van der Waals surface area (Å²) in [4.78, 5) is 39.8. The maximum Gasteiger partial charge on any atom is 0.272 e. The lowest BCUT2D eigenvalue weighted by Crippen LogP contribution is -2.63. The predicted octanol–water partition coefficient (Wildman–Crippen LogP) is 0.943. The molecule has 1 fully saturated rings. The van der Waals surface area contributed by atoms with Crippen LogP contribution in [-0.4, -0.2) is 71.3 Å². The summed E-state index contributed by atoms with van der Waals surface area (Å²) in [6.07, 6.45) is 6.07. The average molecular weight is 405 g/mol. The summed E-state index contributed by atoms with van der Waals surface area (Å²) >= 11 is 0. The van der Waals surface area contributed by atoms with Crippen molar-refractivity contribution in [2.45, 2.75) is 63.6 Å². The molecule has 1 aliphatic heterocycles. The van der Waals surface area contributed by atoms with Crippen molar-refractivity contribution in [3.8, 4) is 0 Å². The Balaban J connectivity index is 1.72. The van der Waals surface area contributed by atoms with E-state index in [0.717, 1.165) is 25.7 Å². The minimum absolute atomic E-state index is 0.157. The van der Waals surface area contributed by atoms with E-state index >= 15 is 0 Å². The van der Waals surface area contributed by atoms with Gasteiger partial charge in [0.1, 0.15) is 11.2 Å². The molecule has 0 spiro atoms. The number of nitrogens with zero attached hydrogens (tertiary/aromatic N) is 3. The summed E-state index contributed by atoms with van der Waals surface area (Å²) < 4.78 is 6.44. The van der Waals surface area contributed by atoms with E-state index in [1.54, 1.807) is 21.1 Å². The Kier molecular flexibility index (Phi) is 6.56. The number of carbonyl (C=O) groups excluding carboxylic acids is 3. The molecule has 1 aromatic heterocycles. The average Bonchev–Trinajstić information content (AvgIpc) is 3.14. The second-order valence-electron chi connectivity index (χ2n) is 8.12. The smallest absolute Gasteiger partial charge is 0.272 e. The number of nitrogens with one attached hydrogen (secondary N) is 2. The highest BCUT2D eigenvalue weighted by molar-refractivity contribution is 6.01. The van der Waals surface area contributed by atoms with Gasteiger partial charge in [0, 0.05) is 39.4 Å². The fourth-order valence-corrected chi connectivity index (χ4v) is 3.93. The number of methoxy groups -OCH3 is 1. The zero-order valence-electron chi connectivity index (χ0n) is 17.5. The Morgan fingerprint density at radius 3 is 2.72 bits per heavy atom. The molecule has 0 bridgehead atoms. The van der Waals surface area contributed by atoms with Gasteiger partial charge in [-0.1, -0.05) is 19.3 Å². The lowest BCUT2D eigenvalue weighted by molar-refractivity contribution is -0.133. The van der Waals surface area contributed by atoms with Gasteiger partial charge >= 0.3 is 0 Å². The van der Waals surface area contributed by atoms with Gasteiger partial charge in [0.05, 0.1) is 6.54 Å². The van der Waals surface area contributed by atoms with Crippen LogP contribution < -0.4 is 10.6 Å². The molecular formula is C20H31N5O4. The highest BCUT2D eigenvalue weighted by Crippen LogP contribution is 2.27. The monoisotopic (exact) mass is 405 g/mol. The fourth-order valence-electron chi connectivity index (χ4n) is 3.93. The Hall–Kier alpha value is -2.42. The van der Waals surface area contributed by atoms with Gasteiger partial charge in [-0.05, 0) is 26.2 Å². The molecule has 0 aromatic carbocycles. The van der Waals surface area contributed by atoms with E-state index in [4.69, 9.17) is 4.74 Å². The molecule has 9 heteroatoms. The first-order valence-corrected chi connectivity index (χ1v) is 10.3. The number of ether oxygens (including phenoxy) is 1. The number of fused-ring (bicyclic) bond motifs is 1. The van der Waals surface area contributed by atoms with Crippen LogP contribution in [0.5, 0.6) is 0 Å². The van der Waals surface area contributed by atoms with E-state index in [1.165, 1.54) is 22.1 Å². The highest BCUT2D eigenvalue weighted by atomic mass is 16.5. The van der Waals surface area contributed by atoms with Crippen molar-refractivity contribution in [3.63, 3.8) is 0 Å². The van der Waals surface area contributed by atoms with E-state index in [2.05, 4.69) is 15.7 Å². The topological polar surface area (TPSA) is 106 Å². The van der Waals surface area contributed by atoms with Gasteiger partial charge in [-0.15, -0.1) is 0 Å². The van der Waals surface area contributed by atoms with Crippen molar-refractivity contribution in [1.29, 1.82) is 0 Å². The number of hydrogen-bond donors (Lipinski definition) is 2. The van der Waals surface area contributed by atoms with Crippen molar-refractivity contribution >= 4 is 17.7 Å². The largest absolute Gasteiger partial charge is 0.385 e. The normalized spacial score (nSPS) is 22.3. The number of likely N-dealkylation sites (N-methyl/N-ethyl adjacent to an activating group) is 1. The minimum atomic E-state index is -1.06. The first-order chi connectivity index (χ1) is 13.9. The molecule has 0 saturated heterocycles. The highest BCUT2D eigenvalue weighted by Gasteiger charge is 2.46. The summed E-state index contributed by atoms with van der Waals surface area (Å²) in [5.41, 5.74) is -0.562. The zero-order valence-corrected chi connectivity index (χ0v) is 17.5. The van der Waals surface area contributed by atoms with Gasteiger partial charge in [-0.2, -0.15) is 5.10 Å². The molecule has 3 rings (SSSR count). The molecular weight excluding hydrogens is 374 g/mol. The number of carbonyl (C=O) groups is 3. The van der Waals surface area contributed by atoms with Crippen molar-refractivity contribution in [3.05, 3.63) is 17.5 Å². The van der Waals surface area contributed by atoms with E-state index in [9.17, 15) is 14.4 Å². The van der Waals surface area contributed by atoms with Crippen LogP contribution >= 0.6 is 0 Å². The van der Waals surface area contributed by atoms with Crippen molar-refractivity contribution in [1.82, 2.24) is 25.3 Å². The van der Waals surface area contributed by atoms with Crippen LogP contribution in [0.4, 0.5) is 0 Å². The Morgan fingerprint density at radius 2 is 2.03 bits per heavy atom. The number of hydrogen-bond acceptors (Lipinski definition) is 5. The van der Waals surface area contributed by atoms with Gasteiger partial charge in [-0.25, -0.2) is 0 Å². The molecule has 29 heavy (non-hydrogen) atoms. The van der Waals surface area contributed by atoms with Gasteiger partial charge in [0.15, 0.2) is 5.69 Å². The van der Waals surface area contributed by atoms with E-state index in [0.29, 0.717) is 25.3 Å². The Morgan fingerprint density at radius 1 is 1.31 bits per heavy atom. The van der Waals surface area contributed by atoms with Crippen molar-refractivity contribution < 1.29 is 19.1 Å². The second-order valence-corrected chi connectivity index (χ2v) is 8.12. The molecule has 2 aliphatic rings. The Labute approximate surface area is 171 Å². The van der Waals surface area contributed by atoms with Crippen LogP contribution in [0.2, 0.25) is 0 Å². The van der Waals surface area contributed by atoms with Gasteiger partial charge in [-0.3, -0.25) is 19.1 Å². The van der Waals surface area contributed by atoms with Gasteiger partial charge in [0.2, 0.25) is 5.91 Å². The molecule has 160 valence electrons. The third-order valence-electron chi connectivity index (χ3n) is 5.97. The standard InChI is InChI=1S/C20H31N5O4/c1-20(19(28)22-14-8-5-4-6-9-14)13-25-16(18(27)24(20)2)12-15(23-25)17(26)21-10-7-11-29-3/h12,14H,4-11,13H2,1-3H3,(H,21,26)(H,22,28). The van der Waals surface area contributed by atoms with Gasteiger partial charge < -0.3 is 20.3 Å². The van der Waals surface area contributed by atoms with Crippen LogP contribution in [0, 0.1) is 0 Å². The third kappa shape index (κ3) is 4.44. The van der Waals surface area contributed by atoms with Crippen LogP contribution in [0.1, 0.15) is 66.4 Å². The molecule has 1 aliphatic carbocycles. The van der Waals surface area contributed by atoms with Crippen molar-refractivity contribution in [2.75, 3.05) is 27.3 Å². The molecule has 2 heterocycles. The van der Waals surface area contributed by atoms with Gasteiger partial charge in [0.25, 0.3) is 11.8 Å². The quantitative estimate of drug-likeness (QED) is 0.657. The van der Waals surface area contributed by atoms with Crippen LogP contribution in [0.3, 0.4) is 0 Å². The summed E-state index contributed by atoms with van der Waals surface area (Å²) in [7, 11) is 3.23. The molecule has 0 radical (unpaired) electrons. The number of aromatic nitrogens is 2. The zero-order chi connectivity index (χ0) is 21.0. The second kappa shape index (κ2) is 8.94. The third-order valence-corrected chi connectivity index (χ3v) is 5.97. The maximum absolute atomic E-state index is 13.1. The molecule has 1 atom stereocenters. The summed E-state index contributed by atoms with van der Waals surface area (Å²) in [5.74, 6) is -0.831. The lowest BCUT2D eigenvalue weighted by Gasteiger charge is -2.41. The van der Waals surface area contributed by atoms with Crippen molar-refractivity contribution in [2.24, 2.45) is 0 Å². The number of rotatable bonds is 7. The summed E-state index contributed by atoms with van der Waals surface area (Å²) in [6.45, 7) is 2.97. The first-order valence-electron chi connectivity index (χ1n) is 10.3. The molecule has 1 saturated carbocycles. The van der Waals surface area contributed by atoms with Crippen LogP contribution in [-0.2, 0) is 16.1 Å². The summed E-state index contributed by atoms with van der Waals surface area (Å²) in [6, 6.07) is 1.65. The van der Waals surface area contributed by atoms with E-state index in [1.807, 2.05) is 0 Å². The SMILES string of the molecule is COCCCNC(=O)c1cc2n(n1)CC(C)(C(=O)NC1CCCCC1)N(C)C2=O.